The molecule has 18 heavy (non-hydrogen) atoms. The fraction of sp³-hybridized carbons (Fsp3) is 0.200. The number of halogens is 4. The van der Waals surface area contributed by atoms with Crippen LogP contribution < -0.4 is 5.73 Å². The van der Waals surface area contributed by atoms with Gasteiger partial charge in [-0.3, -0.25) is 0 Å². The van der Waals surface area contributed by atoms with E-state index in [1.54, 1.807) is 6.07 Å². The average molecular weight is 321 g/mol. The summed E-state index contributed by atoms with van der Waals surface area (Å²) in [5, 5.41) is 3.85. The Bertz CT molecular complexity index is 564. The fourth-order valence-corrected chi connectivity index (χ4v) is 1.85. The molecular formula is C10H8BrF3N4. The lowest BCUT2D eigenvalue weighted by Crippen LogP contribution is -2.07. The number of benzene rings is 1. The van der Waals surface area contributed by atoms with E-state index in [-0.39, 0.29) is 12.5 Å². The first-order valence-corrected chi connectivity index (χ1v) is 5.67. The Morgan fingerprint density at radius 3 is 2.61 bits per heavy atom. The molecule has 1 heterocycles. The third-order valence-electron chi connectivity index (χ3n) is 2.23. The number of alkyl halides is 3. The fourth-order valence-electron chi connectivity index (χ4n) is 1.46. The Kier molecular flexibility index (Phi) is 3.29. The molecule has 0 aliphatic rings. The van der Waals surface area contributed by atoms with Crippen LogP contribution in [-0.2, 0) is 12.7 Å². The van der Waals surface area contributed by atoms with Gasteiger partial charge in [-0.1, -0.05) is 12.1 Å². The first-order valence-electron chi connectivity index (χ1n) is 4.88. The molecule has 0 radical (unpaired) electrons. The van der Waals surface area contributed by atoms with E-state index in [9.17, 15) is 13.2 Å². The van der Waals surface area contributed by atoms with Gasteiger partial charge in [0.2, 0.25) is 5.95 Å². The van der Waals surface area contributed by atoms with Crippen molar-refractivity contribution in [2.45, 2.75) is 12.7 Å². The molecule has 2 N–H and O–H groups in total. The Morgan fingerprint density at radius 2 is 2.06 bits per heavy atom. The van der Waals surface area contributed by atoms with Crippen LogP contribution in [0.15, 0.2) is 29.0 Å². The summed E-state index contributed by atoms with van der Waals surface area (Å²) in [6.45, 7) is 0.161. The molecule has 2 aromatic rings. The van der Waals surface area contributed by atoms with E-state index in [1.807, 2.05) is 0 Å². The molecule has 0 bridgehead atoms. The monoisotopic (exact) mass is 320 g/mol. The third-order valence-corrected chi connectivity index (χ3v) is 2.82. The van der Waals surface area contributed by atoms with Crippen LogP contribution in [0.25, 0.3) is 0 Å². The Hall–Kier alpha value is -1.57. The first kappa shape index (κ1) is 12.9. The van der Waals surface area contributed by atoms with Crippen molar-refractivity contribution < 1.29 is 13.2 Å². The molecular weight excluding hydrogens is 313 g/mol. The molecule has 8 heteroatoms. The van der Waals surface area contributed by atoms with Crippen LogP contribution in [-0.4, -0.2) is 14.8 Å². The summed E-state index contributed by atoms with van der Waals surface area (Å²) in [7, 11) is 0. The van der Waals surface area contributed by atoms with Crippen molar-refractivity contribution in [3.8, 4) is 0 Å². The highest BCUT2D eigenvalue weighted by atomic mass is 79.9. The summed E-state index contributed by atoms with van der Waals surface area (Å²) in [6.07, 6.45) is -4.35. The maximum Gasteiger partial charge on any atom is 0.416 e. The number of nitrogens with zero attached hydrogens (tertiary/aromatic N) is 3. The van der Waals surface area contributed by atoms with Gasteiger partial charge in [-0.15, -0.1) is 5.10 Å². The molecule has 0 atom stereocenters. The van der Waals surface area contributed by atoms with Crippen molar-refractivity contribution in [3.63, 3.8) is 0 Å². The molecule has 1 aromatic heterocycles. The summed E-state index contributed by atoms with van der Waals surface area (Å²) in [6, 6.07) is 5.03. The maximum atomic E-state index is 12.5. The predicted octanol–water partition coefficient (Wildman–Crippen LogP) is 2.69. The number of rotatable bonds is 2. The lowest BCUT2D eigenvalue weighted by Gasteiger charge is -2.08. The lowest BCUT2D eigenvalue weighted by molar-refractivity contribution is -0.137. The van der Waals surface area contributed by atoms with Crippen LogP contribution >= 0.6 is 15.9 Å². The highest BCUT2D eigenvalue weighted by molar-refractivity contribution is 9.10. The van der Waals surface area contributed by atoms with Gasteiger partial charge in [0.25, 0.3) is 0 Å². The van der Waals surface area contributed by atoms with Gasteiger partial charge in [0.05, 0.1) is 12.1 Å². The van der Waals surface area contributed by atoms with Crippen molar-refractivity contribution in [2.24, 2.45) is 0 Å². The summed E-state index contributed by atoms with van der Waals surface area (Å²) in [5.74, 6) is 0.0638. The quantitative estimate of drug-likeness (QED) is 0.925. The number of hydrogen-bond acceptors (Lipinski definition) is 3. The molecule has 0 aliphatic heterocycles. The second kappa shape index (κ2) is 4.60. The molecule has 1 aromatic carbocycles. The number of nitrogen functional groups attached to an aromatic ring is 1. The van der Waals surface area contributed by atoms with Gasteiger partial charge in [-0.25, -0.2) is 4.68 Å². The lowest BCUT2D eigenvalue weighted by atomic mass is 10.1. The summed E-state index contributed by atoms with van der Waals surface area (Å²) in [4.78, 5) is 3.80. The zero-order valence-electron chi connectivity index (χ0n) is 8.95. The molecule has 0 aliphatic carbocycles. The van der Waals surface area contributed by atoms with E-state index in [0.717, 1.165) is 12.1 Å². The van der Waals surface area contributed by atoms with Gasteiger partial charge >= 0.3 is 6.18 Å². The van der Waals surface area contributed by atoms with Crippen molar-refractivity contribution in [2.75, 3.05) is 5.73 Å². The number of hydrogen-bond donors (Lipinski definition) is 1. The van der Waals surface area contributed by atoms with Crippen LogP contribution in [0.4, 0.5) is 19.1 Å². The molecule has 0 unspecified atom stereocenters. The first-order chi connectivity index (χ1) is 8.36. The van der Waals surface area contributed by atoms with Crippen molar-refractivity contribution in [1.82, 2.24) is 14.8 Å². The van der Waals surface area contributed by atoms with Gasteiger partial charge in [0.15, 0.2) is 4.73 Å². The Labute approximate surface area is 109 Å². The van der Waals surface area contributed by atoms with Crippen LogP contribution in [0.5, 0.6) is 0 Å². The number of aromatic nitrogens is 3. The van der Waals surface area contributed by atoms with Crippen LogP contribution in [0, 0.1) is 0 Å². The molecule has 0 fully saturated rings. The van der Waals surface area contributed by atoms with E-state index in [2.05, 4.69) is 26.0 Å². The minimum atomic E-state index is -4.35. The molecule has 0 spiro atoms. The molecule has 2 rings (SSSR count). The van der Waals surface area contributed by atoms with E-state index in [4.69, 9.17) is 5.73 Å². The van der Waals surface area contributed by atoms with Crippen molar-refractivity contribution in [3.05, 3.63) is 40.1 Å². The molecule has 0 amide bonds. The van der Waals surface area contributed by atoms with Gasteiger partial charge in [-0.05, 0) is 33.6 Å². The standard InChI is InChI=1S/C10H8BrF3N4/c11-8-16-9(15)17-18(8)5-6-2-1-3-7(4-6)10(12,13)14/h1-4H,5H2,(H2,15,17). The second-order valence-electron chi connectivity index (χ2n) is 3.59. The summed E-state index contributed by atoms with van der Waals surface area (Å²) >= 11 is 3.12. The zero-order chi connectivity index (χ0) is 13.3. The highest BCUT2D eigenvalue weighted by Crippen LogP contribution is 2.29. The summed E-state index contributed by atoms with van der Waals surface area (Å²) < 4.78 is 39.3. The smallest absolute Gasteiger partial charge is 0.366 e. The second-order valence-corrected chi connectivity index (χ2v) is 4.30. The zero-order valence-corrected chi connectivity index (χ0v) is 10.5. The van der Waals surface area contributed by atoms with E-state index >= 15 is 0 Å². The number of anilines is 1. The predicted molar refractivity (Wildman–Crippen MR) is 62.7 cm³/mol. The van der Waals surface area contributed by atoms with Crippen LogP contribution in [0.1, 0.15) is 11.1 Å². The third kappa shape index (κ3) is 2.81. The Morgan fingerprint density at radius 1 is 1.33 bits per heavy atom. The van der Waals surface area contributed by atoms with Gasteiger partial charge in [0.1, 0.15) is 0 Å². The SMILES string of the molecule is Nc1nc(Br)n(Cc2cccc(C(F)(F)F)c2)n1. The molecule has 4 nitrogen and oxygen atoms in total. The topological polar surface area (TPSA) is 56.7 Å². The van der Waals surface area contributed by atoms with E-state index in [0.29, 0.717) is 10.3 Å². The highest BCUT2D eigenvalue weighted by Gasteiger charge is 2.30. The minimum Gasteiger partial charge on any atom is -0.366 e. The van der Waals surface area contributed by atoms with Crippen molar-refractivity contribution in [1.29, 1.82) is 0 Å². The molecule has 96 valence electrons. The van der Waals surface area contributed by atoms with E-state index in [1.165, 1.54) is 10.7 Å². The van der Waals surface area contributed by atoms with E-state index < -0.39 is 11.7 Å². The minimum absolute atomic E-state index is 0.0638. The van der Waals surface area contributed by atoms with Crippen LogP contribution in [0.3, 0.4) is 0 Å². The molecule has 0 saturated heterocycles. The average Bonchev–Trinajstić information content (AvgIpc) is 2.56. The number of nitrogens with two attached hydrogens (primary N) is 1. The maximum absolute atomic E-state index is 12.5. The summed E-state index contributed by atoms with van der Waals surface area (Å²) in [5.41, 5.74) is 5.16. The Balaban J connectivity index is 2.27. The van der Waals surface area contributed by atoms with Crippen LogP contribution in [0.2, 0.25) is 0 Å². The molecule has 0 saturated carbocycles. The van der Waals surface area contributed by atoms with Crippen molar-refractivity contribution >= 4 is 21.9 Å². The normalized spacial score (nSPS) is 11.8. The van der Waals surface area contributed by atoms with Gasteiger partial charge in [-0.2, -0.15) is 18.2 Å². The van der Waals surface area contributed by atoms with Gasteiger partial charge < -0.3 is 5.73 Å². The van der Waals surface area contributed by atoms with Gasteiger partial charge in [0, 0.05) is 0 Å². The largest absolute Gasteiger partial charge is 0.416 e.